The minimum atomic E-state index is -1.99. The van der Waals surface area contributed by atoms with Gasteiger partial charge in [0, 0.05) is 2.74 Å². The second-order valence-electron chi connectivity index (χ2n) is 2.25. The lowest BCUT2D eigenvalue weighted by atomic mass is 9.91. The van der Waals surface area contributed by atoms with Gasteiger partial charge in [-0.05, 0) is 0 Å². The molecule has 1 aliphatic carbocycles. The van der Waals surface area contributed by atoms with E-state index in [1.807, 2.05) is 5.32 Å². The zero-order valence-electron chi connectivity index (χ0n) is 8.55. The predicted molar refractivity (Wildman–Crippen MR) is 38.4 cm³/mol. The van der Waals surface area contributed by atoms with Gasteiger partial charge in [-0.2, -0.15) is 0 Å². The molecule has 0 aromatic rings. The fourth-order valence-corrected chi connectivity index (χ4v) is 1.05. The maximum absolute atomic E-state index is 11.3. The molecule has 1 saturated heterocycles. The van der Waals surface area contributed by atoms with Crippen LogP contribution in [0, 0.1) is 11.8 Å². The van der Waals surface area contributed by atoms with Gasteiger partial charge in [-0.25, -0.2) is 0 Å². The van der Waals surface area contributed by atoms with Crippen LogP contribution in [0.3, 0.4) is 0 Å². The molecule has 1 aliphatic heterocycles. The standard InChI is InChI=1S/C8H7NO2/c10-7-5-3-1-2-4-6(5)8(11)9-7/h1-6H,(H,9,10,11)/i1D,5D,6D. The molecule has 2 unspecified atom stereocenters. The molecule has 0 spiro atoms. The topological polar surface area (TPSA) is 46.2 Å². The molecule has 3 heteroatoms. The molecule has 1 fully saturated rings. The van der Waals surface area contributed by atoms with Crippen LogP contribution in [0.25, 0.3) is 0 Å². The molecule has 56 valence electrons. The highest BCUT2D eigenvalue weighted by molar-refractivity contribution is 6.07. The van der Waals surface area contributed by atoms with Gasteiger partial charge in [0.05, 0.1) is 13.2 Å². The third kappa shape index (κ3) is 0.808. The summed E-state index contributed by atoms with van der Waals surface area (Å²) in [6.07, 6.45) is 3.38. The summed E-state index contributed by atoms with van der Waals surface area (Å²) < 4.78 is 22.7. The molecule has 0 saturated carbocycles. The van der Waals surface area contributed by atoms with Gasteiger partial charge in [-0.15, -0.1) is 0 Å². The van der Waals surface area contributed by atoms with E-state index >= 15 is 0 Å². The van der Waals surface area contributed by atoms with Crippen molar-refractivity contribution in [2.45, 2.75) is 0 Å². The van der Waals surface area contributed by atoms with Crippen molar-refractivity contribution in [3.63, 3.8) is 0 Å². The van der Waals surface area contributed by atoms with E-state index in [4.69, 9.17) is 4.11 Å². The molecule has 1 heterocycles. The van der Waals surface area contributed by atoms with Crippen LogP contribution in [0.15, 0.2) is 24.3 Å². The fraction of sp³-hybridized carbons (Fsp3) is 0.250. The van der Waals surface area contributed by atoms with Gasteiger partial charge in [-0.1, -0.05) is 24.3 Å². The van der Waals surface area contributed by atoms with Crippen LogP contribution in [0.2, 0.25) is 0 Å². The monoisotopic (exact) mass is 152 g/mol. The highest BCUT2D eigenvalue weighted by atomic mass is 16.2. The third-order valence-electron chi connectivity index (χ3n) is 1.58. The van der Waals surface area contributed by atoms with Crippen LogP contribution in [-0.4, -0.2) is 11.8 Å². The van der Waals surface area contributed by atoms with E-state index < -0.39 is 23.6 Å². The van der Waals surface area contributed by atoms with Crippen LogP contribution in [0.4, 0.5) is 0 Å². The highest BCUT2D eigenvalue weighted by Gasteiger charge is 2.38. The molecule has 2 aliphatic rings. The van der Waals surface area contributed by atoms with E-state index in [-0.39, 0.29) is 6.05 Å². The number of carbonyl (C=O) groups excluding carboxylic acids is 2. The average Bonchev–Trinajstić information content (AvgIpc) is 2.26. The Morgan fingerprint density at radius 2 is 2.00 bits per heavy atom. The maximum atomic E-state index is 11.3. The summed E-state index contributed by atoms with van der Waals surface area (Å²) in [7, 11) is 0. The second kappa shape index (κ2) is 2.05. The zero-order valence-corrected chi connectivity index (χ0v) is 5.55. The lowest BCUT2D eigenvalue weighted by molar-refractivity contribution is -0.125. The number of allylic oxidation sites excluding steroid dienone is 2. The molecule has 1 N–H and O–H groups in total. The van der Waals surface area contributed by atoms with Crippen molar-refractivity contribution in [2.24, 2.45) is 11.8 Å². The van der Waals surface area contributed by atoms with Crippen molar-refractivity contribution >= 4 is 11.8 Å². The van der Waals surface area contributed by atoms with Gasteiger partial charge < -0.3 is 0 Å². The number of rotatable bonds is 0. The highest BCUT2D eigenvalue weighted by Crippen LogP contribution is 2.24. The van der Waals surface area contributed by atoms with E-state index in [2.05, 4.69) is 0 Å². The Morgan fingerprint density at radius 3 is 2.73 bits per heavy atom. The molecule has 0 radical (unpaired) electrons. The lowest BCUT2D eigenvalue weighted by Gasteiger charge is -2.08. The van der Waals surface area contributed by atoms with Gasteiger partial charge in [0.15, 0.2) is 0 Å². The number of fused-ring (bicyclic) bond motifs is 1. The smallest absolute Gasteiger partial charge is 0.234 e. The minimum Gasteiger partial charge on any atom is -0.295 e. The Hall–Kier alpha value is -1.38. The number of hydrogen-bond acceptors (Lipinski definition) is 2. The van der Waals surface area contributed by atoms with Crippen LogP contribution in [0.5, 0.6) is 0 Å². The van der Waals surface area contributed by atoms with Crippen molar-refractivity contribution in [3.05, 3.63) is 24.3 Å². The van der Waals surface area contributed by atoms with Crippen molar-refractivity contribution < 1.29 is 13.7 Å². The summed E-state index contributed by atoms with van der Waals surface area (Å²) >= 11 is 0. The summed E-state index contributed by atoms with van der Waals surface area (Å²) in [4.78, 5) is 22.6. The Kier molecular flexibility index (Phi) is 0.719. The van der Waals surface area contributed by atoms with Crippen LogP contribution >= 0.6 is 0 Å². The Labute approximate surface area is 68.0 Å². The van der Waals surface area contributed by atoms with Crippen molar-refractivity contribution in [2.75, 3.05) is 0 Å². The SMILES string of the molecule is [2H]C1=CC2([2H])C(=O)NC(=O)C2([2H])C=C1. The lowest BCUT2D eigenvalue weighted by Crippen LogP contribution is -2.21. The van der Waals surface area contributed by atoms with Crippen molar-refractivity contribution in [3.8, 4) is 0 Å². The van der Waals surface area contributed by atoms with Crippen LogP contribution in [-0.2, 0) is 9.59 Å². The van der Waals surface area contributed by atoms with E-state index in [9.17, 15) is 9.59 Å². The number of nitrogens with one attached hydrogen (secondary N) is 1. The average molecular weight is 152 g/mol. The fourth-order valence-electron chi connectivity index (χ4n) is 1.05. The number of carbonyl (C=O) groups is 2. The summed E-state index contributed by atoms with van der Waals surface area (Å²) in [6, 6.07) is -0.0345. The summed E-state index contributed by atoms with van der Waals surface area (Å²) in [5, 5.41) is 1.93. The Morgan fingerprint density at radius 1 is 1.36 bits per heavy atom. The quantitative estimate of drug-likeness (QED) is 0.497. The van der Waals surface area contributed by atoms with Crippen molar-refractivity contribution in [1.82, 2.24) is 5.32 Å². The molecule has 0 bridgehead atoms. The van der Waals surface area contributed by atoms with E-state index in [0.29, 0.717) is 0 Å². The molecular weight excluding hydrogens is 142 g/mol. The Bertz CT molecular complexity index is 403. The molecule has 0 aromatic carbocycles. The third-order valence-corrected chi connectivity index (χ3v) is 1.58. The molecule has 2 rings (SSSR count). The molecule has 3 nitrogen and oxygen atoms in total. The first kappa shape index (κ1) is 3.85. The summed E-state index contributed by atoms with van der Waals surface area (Å²) in [5.74, 6) is -5.56. The molecule has 0 aromatic heterocycles. The van der Waals surface area contributed by atoms with E-state index in [1.54, 1.807) is 0 Å². The largest absolute Gasteiger partial charge is 0.295 e. The second-order valence-corrected chi connectivity index (χ2v) is 2.25. The number of imide groups is 1. The Balaban J connectivity index is 2.63. The first-order chi connectivity index (χ1) is 6.40. The normalized spacial score (nSPS) is 52.0. The van der Waals surface area contributed by atoms with Gasteiger partial charge in [0.1, 0.15) is 0 Å². The van der Waals surface area contributed by atoms with Gasteiger partial charge in [-0.3, -0.25) is 14.9 Å². The van der Waals surface area contributed by atoms with Gasteiger partial charge in [0.25, 0.3) is 0 Å². The number of amides is 2. The van der Waals surface area contributed by atoms with Crippen LogP contribution < -0.4 is 5.32 Å². The number of hydrogen-bond donors (Lipinski definition) is 1. The molecule has 2 amide bonds. The summed E-state index contributed by atoms with van der Waals surface area (Å²) in [5.41, 5.74) is 0. The van der Waals surface area contributed by atoms with Gasteiger partial charge in [0.2, 0.25) is 11.8 Å². The van der Waals surface area contributed by atoms with Crippen molar-refractivity contribution in [1.29, 1.82) is 0 Å². The maximum Gasteiger partial charge on any atom is 0.234 e. The molecule has 2 atom stereocenters. The first-order valence-corrected chi connectivity index (χ1v) is 3.15. The zero-order chi connectivity index (χ0) is 10.6. The predicted octanol–water partition coefficient (Wildman–Crippen LogP) is 0.00120. The van der Waals surface area contributed by atoms with Gasteiger partial charge >= 0.3 is 0 Å². The van der Waals surface area contributed by atoms with E-state index in [1.165, 1.54) is 6.08 Å². The molecular formula is C8H7NO2. The van der Waals surface area contributed by atoms with E-state index in [0.717, 1.165) is 12.2 Å². The first-order valence-electron chi connectivity index (χ1n) is 4.65. The molecule has 11 heavy (non-hydrogen) atoms. The minimum absolute atomic E-state index is 0.0345. The van der Waals surface area contributed by atoms with Crippen LogP contribution in [0.1, 0.15) is 4.11 Å². The summed E-state index contributed by atoms with van der Waals surface area (Å²) in [6.45, 7) is 0.